The van der Waals surface area contributed by atoms with Crippen LogP contribution < -0.4 is 5.32 Å². The molecule has 18 heavy (non-hydrogen) atoms. The summed E-state index contributed by atoms with van der Waals surface area (Å²) in [7, 11) is 0. The molecule has 0 fully saturated rings. The first-order chi connectivity index (χ1) is 8.75. The molecule has 0 aliphatic carbocycles. The summed E-state index contributed by atoms with van der Waals surface area (Å²) in [6.07, 6.45) is 3.81. The highest BCUT2D eigenvalue weighted by Gasteiger charge is 2.09. The van der Waals surface area contributed by atoms with Crippen LogP contribution in [0.15, 0.2) is 53.1 Å². The highest BCUT2D eigenvalue weighted by atomic mass is 16.3. The highest BCUT2D eigenvalue weighted by molar-refractivity contribution is 5.18. The first kappa shape index (κ1) is 12.9. The Balaban J connectivity index is 1.78. The Hall–Kier alpha value is -1.54. The number of aryl methyl sites for hydroxylation is 1. The van der Waals surface area contributed by atoms with Crippen LogP contribution in [-0.2, 0) is 6.42 Å². The zero-order valence-corrected chi connectivity index (χ0v) is 11.1. The molecule has 2 nitrogen and oxygen atoms in total. The first-order valence-electron chi connectivity index (χ1n) is 6.59. The molecule has 2 atom stereocenters. The SMILES string of the molecule is C[C@H](CCc1ccco1)N[C@H](C)c1ccccc1. The van der Waals surface area contributed by atoms with Gasteiger partial charge in [0, 0.05) is 18.5 Å². The van der Waals surface area contributed by atoms with E-state index in [0.717, 1.165) is 18.6 Å². The van der Waals surface area contributed by atoms with Gasteiger partial charge in [-0.25, -0.2) is 0 Å². The Morgan fingerprint density at radius 3 is 2.50 bits per heavy atom. The van der Waals surface area contributed by atoms with E-state index in [4.69, 9.17) is 4.42 Å². The molecule has 1 N–H and O–H groups in total. The average Bonchev–Trinajstić information content (AvgIpc) is 2.90. The Morgan fingerprint density at radius 1 is 1.06 bits per heavy atom. The molecule has 0 radical (unpaired) electrons. The van der Waals surface area contributed by atoms with E-state index in [0.29, 0.717) is 12.1 Å². The molecule has 1 aromatic carbocycles. The van der Waals surface area contributed by atoms with E-state index < -0.39 is 0 Å². The molecule has 96 valence electrons. The van der Waals surface area contributed by atoms with Crippen LogP contribution in [0.5, 0.6) is 0 Å². The summed E-state index contributed by atoms with van der Waals surface area (Å²) >= 11 is 0. The maximum atomic E-state index is 5.35. The van der Waals surface area contributed by atoms with Gasteiger partial charge in [-0.15, -0.1) is 0 Å². The molecule has 0 spiro atoms. The number of nitrogens with one attached hydrogen (secondary N) is 1. The predicted octanol–water partition coefficient (Wildman–Crippen LogP) is 3.95. The Kier molecular flexibility index (Phi) is 4.59. The minimum absolute atomic E-state index is 0.387. The van der Waals surface area contributed by atoms with E-state index in [2.05, 4.69) is 49.5 Å². The molecule has 0 unspecified atom stereocenters. The van der Waals surface area contributed by atoms with Gasteiger partial charge in [0.25, 0.3) is 0 Å². The van der Waals surface area contributed by atoms with Gasteiger partial charge in [0.05, 0.1) is 6.26 Å². The summed E-state index contributed by atoms with van der Waals surface area (Å²) in [6, 6.07) is 15.4. The minimum atomic E-state index is 0.387. The van der Waals surface area contributed by atoms with E-state index in [1.165, 1.54) is 5.56 Å². The summed E-state index contributed by atoms with van der Waals surface area (Å²) < 4.78 is 5.35. The molecule has 0 bridgehead atoms. The van der Waals surface area contributed by atoms with Gasteiger partial charge >= 0.3 is 0 Å². The molecular weight excluding hydrogens is 222 g/mol. The Morgan fingerprint density at radius 2 is 1.83 bits per heavy atom. The molecule has 0 saturated heterocycles. The summed E-state index contributed by atoms with van der Waals surface area (Å²) in [5.41, 5.74) is 1.34. The van der Waals surface area contributed by atoms with Gasteiger partial charge < -0.3 is 9.73 Å². The standard InChI is InChI=1S/C16H21NO/c1-13(10-11-16-9-6-12-18-16)17-14(2)15-7-4-3-5-8-15/h3-9,12-14,17H,10-11H2,1-2H3/t13-,14-/m1/s1. The third-order valence-electron chi connectivity index (χ3n) is 3.24. The molecule has 1 aromatic heterocycles. The molecule has 1 heterocycles. The van der Waals surface area contributed by atoms with Crippen molar-refractivity contribution in [1.82, 2.24) is 5.32 Å². The fourth-order valence-corrected chi connectivity index (χ4v) is 2.16. The van der Waals surface area contributed by atoms with Crippen molar-refractivity contribution in [3.8, 4) is 0 Å². The van der Waals surface area contributed by atoms with Crippen molar-refractivity contribution in [2.24, 2.45) is 0 Å². The van der Waals surface area contributed by atoms with Crippen LogP contribution in [0.2, 0.25) is 0 Å². The van der Waals surface area contributed by atoms with E-state index in [-0.39, 0.29) is 0 Å². The number of benzene rings is 1. The van der Waals surface area contributed by atoms with Crippen molar-refractivity contribution < 1.29 is 4.42 Å². The van der Waals surface area contributed by atoms with Crippen LogP contribution in [0.4, 0.5) is 0 Å². The van der Waals surface area contributed by atoms with Crippen molar-refractivity contribution in [3.05, 3.63) is 60.1 Å². The first-order valence-corrected chi connectivity index (χ1v) is 6.59. The summed E-state index contributed by atoms with van der Waals surface area (Å²) in [5.74, 6) is 1.07. The second-order valence-corrected chi connectivity index (χ2v) is 4.82. The molecule has 0 amide bonds. The van der Waals surface area contributed by atoms with Gasteiger partial charge in [-0.2, -0.15) is 0 Å². The zero-order valence-electron chi connectivity index (χ0n) is 11.1. The number of furan rings is 1. The fourth-order valence-electron chi connectivity index (χ4n) is 2.16. The van der Waals surface area contributed by atoms with Crippen molar-refractivity contribution in [2.45, 2.75) is 38.8 Å². The monoisotopic (exact) mass is 243 g/mol. The van der Waals surface area contributed by atoms with Gasteiger partial charge in [-0.1, -0.05) is 30.3 Å². The van der Waals surface area contributed by atoms with Crippen LogP contribution in [0.3, 0.4) is 0 Å². The van der Waals surface area contributed by atoms with Gasteiger partial charge in [0.2, 0.25) is 0 Å². The van der Waals surface area contributed by atoms with E-state index in [9.17, 15) is 0 Å². The zero-order chi connectivity index (χ0) is 12.8. The molecule has 0 saturated carbocycles. The maximum absolute atomic E-state index is 5.35. The summed E-state index contributed by atoms with van der Waals surface area (Å²) in [5, 5.41) is 3.62. The van der Waals surface area contributed by atoms with Crippen LogP contribution in [0, 0.1) is 0 Å². The van der Waals surface area contributed by atoms with Crippen molar-refractivity contribution in [2.75, 3.05) is 0 Å². The van der Waals surface area contributed by atoms with Gasteiger partial charge in [-0.3, -0.25) is 0 Å². The molecule has 0 aliphatic heterocycles. The average molecular weight is 243 g/mol. The van der Waals surface area contributed by atoms with E-state index in [1.807, 2.05) is 12.1 Å². The second kappa shape index (κ2) is 6.41. The topological polar surface area (TPSA) is 25.2 Å². The normalized spacial score (nSPS) is 14.3. The lowest BCUT2D eigenvalue weighted by atomic mass is 10.1. The van der Waals surface area contributed by atoms with E-state index in [1.54, 1.807) is 6.26 Å². The molecule has 2 heteroatoms. The van der Waals surface area contributed by atoms with Gasteiger partial charge in [-0.05, 0) is 38.0 Å². The number of hydrogen-bond acceptors (Lipinski definition) is 2. The van der Waals surface area contributed by atoms with Crippen LogP contribution in [-0.4, -0.2) is 6.04 Å². The lowest BCUT2D eigenvalue weighted by Gasteiger charge is -2.20. The lowest BCUT2D eigenvalue weighted by Crippen LogP contribution is -2.29. The fraction of sp³-hybridized carbons (Fsp3) is 0.375. The number of hydrogen-bond donors (Lipinski definition) is 1. The predicted molar refractivity (Wildman–Crippen MR) is 74.5 cm³/mol. The van der Waals surface area contributed by atoms with Crippen molar-refractivity contribution >= 4 is 0 Å². The van der Waals surface area contributed by atoms with Crippen molar-refractivity contribution in [3.63, 3.8) is 0 Å². The van der Waals surface area contributed by atoms with E-state index >= 15 is 0 Å². The highest BCUT2D eigenvalue weighted by Crippen LogP contribution is 2.13. The lowest BCUT2D eigenvalue weighted by molar-refractivity contribution is 0.430. The van der Waals surface area contributed by atoms with Crippen LogP contribution >= 0.6 is 0 Å². The second-order valence-electron chi connectivity index (χ2n) is 4.82. The minimum Gasteiger partial charge on any atom is -0.469 e. The Labute approximate surface area is 109 Å². The Bertz CT molecular complexity index is 435. The van der Waals surface area contributed by atoms with Crippen LogP contribution in [0.25, 0.3) is 0 Å². The van der Waals surface area contributed by atoms with Crippen LogP contribution in [0.1, 0.15) is 37.6 Å². The quantitative estimate of drug-likeness (QED) is 0.831. The summed E-state index contributed by atoms with van der Waals surface area (Å²) in [4.78, 5) is 0. The molecule has 2 aromatic rings. The number of rotatable bonds is 6. The largest absolute Gasteiger partial charge is 0.469 e. The third kappa shape index (κ3) is 3.74. The maximum Gasteiger partial charge on any atom is 0.103 e. The third-order valence-corrected chi connectivity index (χ3v) is 3.24. The molecular formula is C16H21NO. The molecule has 2 rings (SSSR count). The van der Waals surface area contributed by atoms with Gasteiger partial charge in [0.1, 0.15) is 5.76 Å². The van der Waals surface area contributed by atoms with Gasteiger partial charge in [0.15, 0.2) is 0 Å². The summed E-state index contributed by atoms with van der Waals surface area (Å²) in [6.45, 7) is 4.43. The molecule has 0 aliphatic rings. The van der Waals surface area contributed by atoms with Crippen molar-refractivity contribution in [1.29, 1.82) is 0 Å². The smallest absolute Gasteiger partial charge is 0.103 e.